The molecule has 5 nitrogen and oxygen atoms in total. The fourth-order valence-corrected chi connectivity index (χ4v) is 3.81. The normalized spacial score (nSPS) is 20.8. The average molecular weight is 329 g/mol. The molecule has 5 heteroatoms. The molecule has 2 aliphatic rings. The summed E-state index contributed by atoms with van der Waals surface area (Å²) in [5.74, 6) is -0.588. The Labute approximate surface area is 142 Å². The second kappa shape index (κ2) is 6.75. The first-order valence-corrected chi connectivity index (χ1v) is 8.61. The predicted octanol–water partition coefficient (Wildman–Crippen LogP) is 2.47. The summed E-state index contributed by atoms with van der Waals surface area (Å²) in [7, 11) is 0. The highest BCUT2D eigenvalue weighted by atomic mass is 16.5. The molecule has 1 aliphatic heterocycles. The van der Waals surface area contributed by atoms with Gasteiger partial charge in [-0.2, -0.15) is 0 Å². The van der Waals surface area contributed by atoms with E-state index in [9.17, 15) is 14.4 Å². The van der Waals surface area contributed by atoms with Crippen molar-refractivity contribution < 1.29 is 19.1 Å². The summed E-state index contributed by atoms with van der Waals surface area (Å²) in [4.78, 5) is 38.7. The molecule has 0 radical (unpaired) electrons. The molecular weight excluding hydrogens is 306 g/mol. The molecule has 0 N–H and O–H groups in total. The average Bonchev–Trinajstić information content (AvgIpc) is 2.93. The van der Waals surface area contributed by atoms with Crippen LogP contribution in [0.3, 0.4) is 0 Å². The smallest absolute Gasteiger partial charge is 0.309 e. The van der Waals surface area contributed by atoms with Crippen molar-refractivity contribution in [2.24, 2.45) is 5.92 Å². The number of piperidine rings is 1. The van der Waals surface area contributed by atoms with Crippen LogP contribution in [0, 0.1) is 12.8 Å². The van der Waals surface area contributed by atoms with Crippen LogP contribution in [0.1, 0.15) is 53.6 Å². The van der Waals surface area contributed by atoms with Crippen LogP contribution in [-0.2, 0) is 14.3 Å². The van der Waals surface area contributed by atoms with Gasteiger partial charge in [-0.3, -0.25) is 14.4 Å². The third-order valence-corrected chi connectivity index (χ3v) is 5.09. The Morgan fingerprint density at radius 1 is 1.25 bits per heavy atom. The van der Waals surface area contributed by atoms with Crippen molar-refractivity contribution in [3.8, 4) is 0 Å². The second-order valence-electron chi connectivity index (χ2n) is 6.57. The minimum atomic E-state index is -0.368. The number of benzene rings is 1. The van der Waals surface area contributed by atoms with E-state index in [0.29, 0.717) is 38.1 Å². The molecule has 24 heavy (non-hydrogen) atoms. The number of amides is 1. The number of hydrogen-bond donors (Lipinski definition) is 0. The zero-order chi connectivity index (χ0) is 17.3. The lowest BCUT2D eigenvalue weighted by Gasteiger charge is -2.32. The predicted molar refractivity (Wildman–Crippen MR) is 88.8 cm³/mol. The van der Waals surface area contributed by atoms with Gasteiger partial charge in [0.1, 0.15) is 0 Å². The third-order valence-electron chi connectivity index (χ3n) is 5.09. The number of esters is 1. The maximum absolute atomic E-state index is 12.9. The van der Waals surface area contributed by atoms with Crippen LogP contribution < -0.4 is 0 Å². The number of rotatable bonds is 3. The van der Waals surface area contributed by atoms with Crippen LogP contribution in [0.5, 0.6) is 0 Å². The second-order valence-corrected chi connectivity index (χ2v) is 6.57. The zero-order valence-electron chi connectivity index (χ0n) is 14.2. The van der Waals surface area contributed by atoms with Gasteiger partial charge in [0.05, 0.1) is 18.4 Å². The number of nitrogens with zero attached hydrogens (tertiary/aromatic N) is 1. The number of fused-ring (bicyclic) bond motifs is 1. The van der Waals surface area contributed by atoms with Gasteiger partial charge in [-0.15, -0.1) is 0 Å². The molecule has 1 aliphatic carbocycles. The largest absolute Gasteiger partial charge is 0.466 e. The number of Topliss-reactive ketones (excluding diaryl/α,β-unsaturated/α-hetero) is 1. The van der Waals surface area contributed by atoms with E-state index in [1.165, 1.54) is 0 Å². The molecule has 3 rings (SSSR count). The fourth-order valence-electron chi connectivity index (χ4n) is 3.81. The van der Waals surface area contributed by atoms with Crippen molar-refractivity contribution in [1.29, 1.82) is 0 Å². The van der Waals surface area contributed by atoms with Crippen molar-refractivity contribution in [2.75, 3.05) is 19.7 Å². The van der Waals surface area contributed by atoms with Crippen LogP contribution in [0.2, 0.25) is 0 Å². The Bertz CT molecular complexity index is 674. The molecule has 0 saturated carbocycles. The Balaban J connectivity index is 1.70. The number of ether oxygens (including phenoxy) is 1. The number of ketones is 1. The first-order chi connectivity index (χ1) is 11.5. The number of carbonyl (C=O) groups is 3. The van der Waals surface area contributed by atoms with Crippen LogP contribution in [-0.4, -0.2) is 42.3 Å². The van der Waals surface area contributed by atoms with Crippen molar-refractivity contribution in [2.45, 2.75) is 39.0 Å². The molecule has 1 aromatic rings. The molecule has 1 atom stereocenters. The van der Waals surface area contributed by atoms with E-state index in [4.69, 9.17) is 4.74 Å². The minimum absolute atomic E-state index is 0.0127. The first kappa shape index (κ1) is 16.7. The Morgan fingerprint density at radius 3 is 2.62 bits per heavy atom. The molecule has 1 heterocycles. The van der Waals surface area contributed by atoms with Crippen molar-refractivity contribution in [3.63, 3.8) is 0 Å². The maximum Gasteiger partial charge on any atom is 0.309 e. The molecule has 0 bridgehead atoms. The van der Waals surface area contributed by atoms with Gasteiger partial charge in [-0.05, 0) is 37.8 Å². The van der Waals surface area contributed by atoms with Gasteiger partial charge in [-0.1, -0.05) is 18.2 Å². The SMILES string of the molecule is CCOC(=O)C1CCN(C(=O)C2CC(=O)c3cccc(C)c32)CC1. The van der Waals surface area contributed by atoms with Gasteiger partial charge in [0, 0.05) is 25.1 Å². The number of carbonyl (C=O) groups excluding carboxylic acids is 3. The summed E-state index contributed by atoms with van der Waals surface area (Å²) in [6.45, 7) is 5.23. The summed E-state index contributed by atoms with van der Waals surface area (Å²) in [5.41, 5.74) is 2.58. The third kappa shape index (κ3) is 2.95. The van der Waals surface area contributed by atoms with Crippen LogP contribution in [0.15, 0.2) is 18.2 Å². The quantitative estimate of drug-likeness (QED) is 0.799. The summed E-state index contributed by atoms with van der Waals surface area (Å²) in [6, 6.07) is 5.62. The highest BCUT2D eigenvalue weighted by molar-refractivity contribution is 6.07. The van der Waals surface area contributed by atoms with Gasteiger partial charge in [0.15, 0.2) is 5.78 Å². The molecule has 128 valence electrons. The van der Waals surface area contributed by atoms with E-state index in [1.807, 2.05) is 25.1 Å². The van der Waals surface area contributed by atoms with E-state index >= 15 is 0 Å². The van der Waals surface area contributed by atoms with Gasteiger partial charge in [-0.25, -0.2) is 0 Å². The highest BCUT2D eigenvalue weighted by Crippen LogP contribution is 2.37. The summed E-state index contributed by atoms with van der Waals surface area (Å²) in [5, 5.41) is 0. The van der Waals surface area contributed by atoms with Gasteiger partial charge in [0.25, 0.3) is 0 Å². The molecular formula is C19H23NO4. The summed E-state index contributed by atoms with van der Waals surface area (Å²) >= 11 is 0. The van der Waals surface area contributed by atoms with E-state index < -0.39 is 0 Å². The zero-order valence-corrected chi connectivity index (χ0v) is 14.2. The van der Waals surface area contributed by atoms with Crippen LogP contribution in [0.4, 0.5) is 0 Å². The van der Waals surface area contributed by atoms with Gasteiger partial charge < -0.3 is 9.64 Å². The fraction of sp³-hybridized carbons (Fsp3) is 0.526. The number of likely N-dealkylation sites (tertiary alicyclic amines) is 1. The van der Waals surface area contributed by atoms with E-state index in [2.05, 4.69) is 0 Å². The molecule has 1 unspecified atom stereocenters. The Kier molecular flexibility index (Phi) is 4.69. The summed E-state index contributed by atoms with van der Waals surface area (Å²) in [6.07, 6.45) is 1.52. The van der Waals surface area contributed by atoms with Crippen molar-refractivity contribution in [1.82, 2.24) is 4.90 Å². The van der Waals surface area contributed by atoms with Crippen molar-refractivity contribution >= 4 is 17.7 Å². The Morgan fingerprint density at radius 2 is 1.96 bits per heavy atom. The molecule has 0 spiro atoms. The lowest BCUT2D eigenvalue weighted by Crippen LogP contribution is -2.42. The lowest BCUT2D eigenvalue weighted by atomic mass is 9.92. The van der Waals surface area contributed by atoms with E-state index in [-0.39, 0.29) is 35.9 Å². The highest BCUT2D eigenvalue weighted by Gasteiger charge is 2.39. The Hall–Kier alpha value is -2.17. The molecule has 1 aromatic carbocycles. The van der Waals surface area contributed by atoms with Crippen LogP contribution >= 0.6 is 0 Å². The lowest BCUT2D eigenvalue weighted by molar-refractivity contribution is -0.151. The standard InChI is InChI=1S/C19H23NO4/c1-3-24-19(23)13-7-9-20(10-8-13)18(22)15-11-16(21)14-6-4-5-12(2)17(14)15/h4-6,13,15H,3,7-11H2,1-2H3. The van der Waals surface area contributed by atoms with E-state index in [0.717, 1.165) is 11.1 Å². The number of aryl methyl sites for hydroxylation is 1. The minimum Gasteiger partial charge on any atom is -0.466 e. The first-order valence-electron chi connectivity index (χ1n) is 8.61. The number of hydrogen-bond acceptors (Lipinski definition) is 4. The molecule has 1 amide bonds. The van der Waals surface area contributed by atoms with E-state index in [1.54, 1.807) is 11.8 Å². The summed E-state index contributed by atoms with van der Waals surface area (Å²) < 4.78 is 5.07. The molecule has 1 fully saturated rings. The topological polar surface area (TPSA) is 63.7 Å². The van der Waals surface area contributed by atoms with Gasteiger partial charge in [0.2, 0.25) is 5.91 Å². The van der Waals surface area contributed by atoms with Crippen molar-refractivity contribution in [3.05, 3.63) is 34.9 Å². The maximum atomic E-state index is 12.9. The van der Waals surface area contributed by atoms with Gasteiger partial charge >= 0.3 is 5.97 Å². The van der Waals surface area contributed by atoms with Crippen LogP contribution in [0.25, 0.3) is 0 Å². The monoisotopic (exact) mass is 329 g/mol. The molecule has 0 aromatic heterocycles. The molecule has 1 saturated heterocycles.